The third-order valence-electron chi connectivity index (χ3n) is 2.84. The minimum Gasteiger partial charge on any atom is -0.350 e. The molecule has 4 nitrogen and oxygen atoms in total. The normalized spacial score (nSPS) is 10.5. The SMILES string of the molecule is Cl.Cl.NCC(F)(F)CNC(=O)Cc1csc(-c2ccccc2Cl)n1. The van der Waals surface area contributed by atoms with E-state index in [2.05, 4.69) is 10.3 Å². The second-order valence-electron chi connectivity index (χ2n) is 4.64. The molecule has 1 aromatic heterocycles. The van der Waals surface area contributed by atoms with Crippen molar-refractivity contribution in [2.75, 3.05) is 13.1 Å². The summed E-state index contributed by atoms with van der Waals surface area (Å²) in [6.07, 6.45) is -0.0679. The van der Waals surface area contributed by atoms with Gasteiger partial charge in [0.05, 0.1) is 30.2 Å². The van der Waals surface area contributed by atoms with Crippen molar-refractivity contribution in [2.45, 2.75) is 12.3 Å². The quantitative estimate of drug-likeness (QED) is 0.754. The summed E-state index contributed by atoms with van der Waals surface area (Å²) < 4.78 is 25.9. The largest absolute Gasteiger partial charge is 0.350 e. The highest BCUT2D eigenvalue weighted by molar-refractivity contribution is 7.13. The van der Waals surface area contributed by atoms with Gasteiger partial charge in [-0.25, -0.2) is 13.8 Å². The van der Waals surface area contributed by atoms with Gasteiger partial charge in [-0.05, 0) is 6.07 Å². The maximum atomic E-state index is 13.0. The Morgan fingerprint density at radius 3 is 2.62 bits per heavy atom. The number of halogens is 5. The van der Waals surface area contributed by atoms with Crippen molar-refractivity contribution >= 4 is 53.7 Å². The van der Waals surface area contributed by atoms with Crippen LogP contribution in [0, 0.1) is 0 Å². The van der Waals surface area contributed by atoms with Gasteiger partial charge in [0, 0.05) is 10.9 Å². The second-order valence-corrected chi connectivity index (χ2v) is 5.90. The minimum atomic E-state index is -3.10. The van der Waals surface area contributed by atoms with Crippen LogP contribution in [0.1, 0.15) is 5.69 Å². The van der Waals surface area contributed by atoms with Gasteiger partial charge in [0.25, 0.3) is 5.92 Å². The lowest BCUT2D eigenvalue weighted by Gasteiger charge is -2.14. The Balaban J connectivity index is 0.00000264. The molecule has 0 aliphatic heterocycles. The molecule has 1 heterocycles. The number of hydrogen-bond donors (Lipinski definition) is 2. The summed E-state index contributed by atoms with van der Waals surface area (Å²) in [7, 11) is 0. The van der Waals surface area contributed by atoms with Gasteiger partial charge in [-0.2, -0.15) is 0 Å². The Labute approximate surface area is 159 Å². The van der Waals surface area contributed by atoms with E-state index in [9.17, 15) is 13.6 Å². The van der Waals surface area contributed by atoms with Crippen LogP contribution in [0.25, 0.3) is 10.6 Å². The molecule has 2 rings (SSSR count). The first-order valence-electron chi connectivity index (χ1n) is 6.45. The molecular weight excluding hydrogens is 403 g/mol. The minimum absolute atomic E-state index is 0. The maximum absolute atomic E-state index is 13.0. The van der Waals surface area contributed by atoms with Crippen LogP contribution in [0.2, 0.25) is 5.02 Å². The molecule has 0 saturated heterocycles. The standard InChI is InChI=1S/C14H14ClF2N3OS.2ClH/c15-11-4-2-1-3-10(11)13-20-9(6-22-13)5-12(21)19-8-14(16,17)7-18;;/h1-4,6H,5,7-8,18H2,(H,19,21);2*1H. The van der Waals surface area contributed by atoms with E-state index in [0.29, 0.717) is 15.7 Å². The van der Waals surface area contributed by atoms with E-state index in [1.807, 2.05) is 18.2 Å². The highest BCUT2D eigenvalue weighted by Crippen LogP contribution is 2.30. The molecule has 0 fully saturated rings. The van der Waals surface area contributed by atoms with Crippen LogP contribution in [-0.2, 0) is 11.2 Å². The first-order chi connectivity index (χ1) is 10.4. The maximum Gasteiger partial charge on any atom is 0.277 e. The Hall–Kier alpha value is -0.990. The fraction of sp³-hybridized carbons (Fsp3) is 0.286. The average molecular weight is 419 g/mol. The number of carbonyl (C=O) groups excluding carboxylic acids is 1. The molecule has 1 aromatic carbocycles. The summed E-state index contributed by atoms with van der Waals surface area (Å²) in [5, 5.41) is 5.11. The number of nitrogens with zero attached hydrogens (tertiary/aromatic N) is 1. The van der Waals surface area contributed by atoms with Crippen LogP contribution in [0.15, 0.2) is 29.6 Å². The second kappa shape index (κ2) is 10.1. The molecule has 0 atom stereocenters. The molecule has 134 valence electrons. The fourth-order valence-corrected chi connectivity index (χ4v) is 2.81. The Morgan fingerprint density at radius 1 is 1.33 bits per heavy atom. The molecule has 2 aromatic rings. The van der Waals surface area contributed by atoms with Gasteiger partial charge in [0.1, 0.15) is 5.01 Å². The van der Waals surface area contributed by atoms with Gasteiger partial charge in [-0.15, -0.1) is 36.2 Å². The van der Waals surface area contributed by atoms with Crippen molar-refractivity contribution < 1.29 is 13.6 Å². The van der Waals surface area contributed by atoms with Gasteiger partial charge in [0.2, 0.25) is 5.91 Å². The molecule has 0 aliphatic rings. The highest BCUT2D eigenvalue weighted by Gasteiger charge is 2.27. The number of aromatic nitrogens is 1. The van der Waals surface area contributed by atoms with Crippen LogP contribution in [0.3, 0.4) is 0 Å². The number of benzene rings is 1. The van der Waals surface area contributed by atoms with Gasteiger partial charge < -0.3 is 11.1 Å². The van der Waals surface area contributed by atoms with Crippen LogP contribution in [0.5, 0.6) is 0 Å². The molecule has 0 saturated carbocycles. The molecule has 0 spiro atoms. The van der Waals surface area contributed by atoms with E-state index < -0.39 is 24.9 Å². The molecule has 10 heteroatoms. The topological polar surface area (TPSA) is 68.0 Å². The molecule has 3 N–H and O–H groups in total. The summed E-state index contributed by atoms with van der Waals surface area (Å²) in [5.74, 6) is -3.62. The molecule has 1 amide bonds. The first-order valence-corrected chi connectivity index (χ1v) is 7.71. The fourth-order valence-electron chi connectivity index (χ4n) is 1.67. The molecule has 0 radical (unpaired) electrons. The average Bonchev–Trinajstić information content (AvgIpc) is 2.94. The number of hydrogen-bond acceptors (Lipinski definition) is 4. The highest BCUT2D eigenvalue weighted by atomic mass is 35.5. The number of amides is 1. The van der Waals surface area contributed by atoms with Crippen molar-refractivity contribution in [3.63, 3.8) is 0 Å². The zero-order valence-corrected chi connectivity index (χ0v) is 15.5. The van der Waals surface area contributed by atoms with Gasteiger partial charge in [-0.1, -0.05) is 29.8 Å². The van der Waals surface area contributed by atoms with Crippen molar-refractivity contribution in [1.82, 2.24) is 10.3 Å². The summed E-state index contributed by atoms with van der Waals surface area (Å²) in [6.45, 7) is -1.58. The van der Waals surface area contributed by atoms with E-state index in [0.717, 1.165) is 5.56 Å². The number of nitrogens with one attached hydrogen (secondary N) is 1. The third kappa shape index (κ3) is 6.49. The Kier molecular flexibility index (Phi) is 9.69. The van der Waals surface area contributed by atoms with Crippen molar-refractivity contribution in [3.05, 3.63) is 40.4 Å². The lowest BCUT2D eigenvalue weighted by atomic mass is 10.2. The zero-order chi connectivity index (χ0) is 16.2. The van der Waals surface area contributed by atoms with Crippen molar-refractivity contribution in [2.24, 2.45) is 5.73 Å². The van der Waals surface area contributed by atoms with Gasteiger partial charge in [-0.3, -0.25) is 4.79 Å². The van der Waals surface area contributed by atoms with Gasteiger partial charge >= 0.3 is 0 Å². The summed E-state index contributed by atoms with van der Waals surface area (Å²) in [4.78, 5) is 15.9. The monoisotopic (exact) mass is 417 g/mol. The Morgan fingerprint density at radius 2 is 2.00 bits per heavy atom. The molecule has 0 unspecified atom stereocenters. The summed E-state index contributed by atoms with van der Waals surface area (Å²) in [6, 6.07) is 7.22. The molecule has 0 bridgehead atoms. The van der Waals surface area contributed by atoms with E-state index in [1.165, 1.54) is 11.3 Å². The first kappa shape index (κ1) is 23.0. The van der Waals surface area contributed by atoms with E-state index >= 15 is 0 Å². The van der Waals surface area contributed by atoms with Crippen LogP contribution in [0.4, 0.5) is 8.78 Å². The summed E-state index contributed by atoms with van der Waals surface area (Å²) >= 11 is 7.43. The van der Waals surface area contributed by atoms with E-state index in [1.54, 1.807) is 11.4 Å². The summed E-state index contributed by atoms with van der Waals surface area (Å²) in [5.41, 5.74) is 6.18. The van der Waals surface area contributed by atoms with Gasteiger partial charge in [0.15, 0.2) is 0 Å². The van der Waals surface area contributed by atoms with Crippen LogP contribution in [-0.4, -0.2) is 29.9 Å². The Bertz CT molecular complexity index is 670. The lowest BCUT2D eigenvalue weighted by molar-refractivity contribution is -0.122. The number of carbonyl (C=O) groups is 1. The molecule has 0 aliphatic carbocycles. The number of thiazole rings is 1. The van der Waals surface area contributed by atoms with Crippen LogP contribution >= 0.6 is 47.8 Å². The van der Waals surface area contributed by atoms with Crippen molar-refractivity contribution in [1.29, 1.82) is 0 Å². The van der Waals surface area contributed by atoms with Crippen LogP contribution < -0.4 is 11.1 Å². The predicted octanol–water partition coefficient (Wildman–Crippen LogP) is 3.56. The number of nitrogens with two attached hydrogens (primary N) is 1. The number of alkyl halides is 2. The molecular formula is C14H16Cl3F2N3OS. The van der Waals surface area contributed by atoms with E-state index in [-0.39, 0.29) is 31.2 Å². The van der Waals surface area contributed by atoms with Crippen molar-refractivity contribution in [3.8, 4) is 10.6 Å². The molecule has 24 heavy (non-hydrogen) atoms. The third-order valence-corrected chi connectivity index (χ3v) is 4.09. The zero-order valence-electron chi connectivity index (χ0n) is 12.3. The van der Waals surface area contributed by atoms with E-state index in [4.69, 9.17) is 17.3 Å². The number of rotatable bonds is 6. The predicted molar refractivity (Wildman–Crippen MR) is 97.8 cm³/mol. The smallest absolute Gasteiger partial charge is 0.277 e. The lowest BCUT2D eigenvalue weighted by Crippen LogP contribution is -2.42.